The van der Waals surface area contributed by atoms with Crippen molar-refractivity contribution in [2.75, 3.05) is 19.8 Å². The van der Waals surface area contributed by atoms with E-state index >= 15 is 0 Å². The van der Waals surface area contributed by atoms with E-state index in [9.17, 15) is 24.2 Å². The zero-order chi connectivity index (χ0) is 25.4. The SMILES string of the molecule is CC[C@@]1(O)C(=O)OCc2c1cc1n(c2=O)Cc2c-1nc1cc(F)cc3c1c2C(C)(COCCO)CC3. The largest absolute Gasteiger partial charge is 0.458 e. The number of benzene rings is 1. The van der Waals surface area contributed by atoms with Gasteiger partial charge < -0.3 is 24.3 Å². The monoisotopic (exact) mass is 494 g/mol. The lowest BCUT2D eigenvalue weighted by atomic mass is 9.70. The molecule has 0 radical (unpaired) electrons. The Balaban J connectivity index is 1.64. The number of carbonyl (C=O) groups excluding carboxylic acids is 1. The molecule has 1 aromatic carbocycles. The maximum Gasteiger partial charge on any atom is 0.343 e. The molecular weight excluding hydrogens is 467 g/mol. The molecule has 3 aliphatic rings. The van der Waals surface area contributed by atoms with Gasteiger partial charge in [-0.1, -0.05) is 13.8 Å². The highest BCUT2D eigenvalue weighted by molar-refractivity contribution is 5.93. The Hall–Kier alpha value is -3.14. The van der Waals surface area contributed by atoms with Gasteiger partial charge >= 0.3 is 5.97 Å². The minimum atomic E-state index is -1.91. The number of hydrogen-bond acceptors (Lipinski definition) is 7. The summed E-state index contributed by atoms with van der Waals surface area (Å²) >= 11 is 0. The van der Waals surface area contributed by atoms with E-state index in [1.165, 1.54) is 6.07 Å². The molecule has 0 fully saturated rings. The van der Waals surface area contributed by atoms with E-state index in [0.29, 0.717) is 36.4 Å². The number of ether oxygens (including phenoxy) is 2. The van der Waals surface area contributed by atoms with Crippen molar-refractivity contribution in [3.05, 3.63) is 62.2 Å². The zero-order valence-corrected chi connectivity index (χ0v) is 20.2. The predicted molar refractivity (Wildman–Crippen MR) is 128 cm³/mol. The van der Waals surface area contributed by atoms with Gasteiger partial charge in [0, 0.05) is 28.0 Å². The lowest BCUT2D eigenvalue weighted by molar-refractivity contribution is -0.172. The van der Waals surface area contributed by atoms with Gasteiger partial charge in [0.1, 0.15) is 12.4 Å². The van der Waals surface area contributed by atoms with Crippen LogP contribution >= 0.6 is 0 Å². The van der Waals surface area contributed by atoms with Gasteiger partial charge in [-0.05, 0) is 42.5 Å². The molecule has 2 aliphatic heterocycles. The molecule has 4 heterocycles. The van der Waals surface area contributed by atoms with Gasteiger partial charge in [-0.2, -0.15) is 0 Å². The second-order valence-electron chi connectivity index (χ2n) is 10.2. The first kappa shape index (κ1) is 23.3. The molecule has 3 aromatic rings. The van der Waals surface area contributed by atoms with Crippen molar-refractivity contribution >= 4 is 16.9 Å². The molecule has 2 atom stereocenters. The van der Waals surface area contributed by atoms with Gasteiger partial charge in [-0.3, -0.25) is 4.79 Å². The Kier molecular flexibility index (Phi) is 5.13. The fraction of sp³-hybridized carbons (Fsp3) is 0.444. The van der Waals surface area contributed by atoms with Crippen LogP contribution < -0.4 is 5.56 Å². The number of aliphatic hydroxyl groups is 2. The molecule has 6 rings (SSSR count). The molecule has 0 saturated carbocycles. The fourth-order valence-corrected chi connectivity index (χ4v) is 6.16. The molecule has 188 valence electrons. The fourth-order valence-electron chi connectivity index (χ4n) is 6.16. The van der Waals surface area contributed by atoms with Crippen LogP contribution in [0.5, 0.6) is 0 Å². The number of aromatic nitrogens is 2. The number of carbonyl (C=O) groups is 1. The number of halogens is 1. The molecule has 1 unspecified atom stereocenters. The van der Waals surface area contributed by atoms with E-state index in [0.717, 1.165) is 22.1 Å². The van der Waals surface area contributed by atoms with Gasteiger partial charge in [0.15, 0.2) is 5.60 Å². The maximum absolute atomic E-state index is 14.6. The van der Waals surface area contributed by atoms with Crippen LogP contribution in [0.15, 0.2) is 23.0 Å². The Bertz CT molecular complexity index is 1510. The third kappa shape index (κ3) is 3.06. The van der Waals surface area contributed by atoms with Crippen LogP contribution in [0, 0.1) is 5.82 Å². The summed E-state index contributed by atoms with van der Waals surface area (Å²) in [6.07, 6.45) is 1.42. The molecule has 36 heavy (non-hydrogen) atoms. The topological polar surface area (TPSA) is 111 Å². The number of esters is 1. The summed E-state index contributed by atoms with van der Waals surface area (Å²) in [4.78, 5) is 30.9. The number of aryl methyl sites for hydroxylation is 1. The number of pyridine rings is 2. The van der Waals surface area contributed by atoms with Crippen molar-refractivity contribution < 1.29 is 28.9 Å². The zero-order valence-electron chi connectivity index (χ0n) is 20.2. The summed E-state index contributed by atoms with van der Waals surface area (Å²) in [5.41, 5.74) is 2.04. The highest BCUT2D eigenvalue weighted by Gasteiger charge is 2.46. The van der Waals surface area contributed by atoms with Crippen LogP contribution in [0.2, 0.25) is 0 Å². The summed E-state index contributed by atoms with van der Waals surface area (Å²) < 4.78 is 27.1. The Labute approximate surface area is 206 Å². The van der Waals surface area contributed by atoms with E-state index in [-0.39, 0.29) is 55.3 Å². The Morgan fingerprint density at radius 1 is 1.25 bits per heavy atom. The second-order valence-corrected chi connectivity index (χ2v) is 10.2. The van der Waals surface area contributed by atoms with Gasteiger partial charge in [0.25, 0.3) is 5.56 Å². The summed E-state index contributed by atoms with van der Waals surface area (Å²) in [6.45, 7) is 4.29. The number of hydrogen-bond donors (Lipinski definition) is 2. The van der Waals surface area contributed by atoms with Crippen molar-refractivity contribution in [3.8, 4) is 11.4 Å². The molecular formula is C27H27FN2O6. The number of cyclic esters (lactones) is 1. The molecule has 2 aromatic heterocycles. The first-order chi connectivity index (χ1) is 17.2. The molecule has 0 spiro atoms. The molecule has 0 bridgehead atoms. The lowest BCUT2D eigenvalue weighted by Gasteiger charge is -2.37. The summed E-state index contributed by atoms with van der Waals surface area (Å²) in [7, 11) is 0. The van der Waals surface area contributed by atoms with Crippen molar-refractivity contribution in [2.24, 2.45) is 0 Å². The highest BCUT2D eigenvalue weighted by Crippen LogP contribution is 2.48. The summed E-state index contributed by atoms with van der Waals surface area (Å²) in [5, 5.41) is 21.3. The molecule has 2 N–H and O–H groups in total. The van der Waals surface area contributed by atoms with Gasteiger partial charge in [-0.25, -0.2) is 14.2 Å². The number of fused-ring (bicyclic) bond motifs is 5. The van der Waals surface area contributed by atoms with Gasteiger partial charge in [0.05, 0.1) is 48.8 Å². The first-order valence-electron chi connectivity index (χ1n) is 12.2. The van der Waals surface area contributed by atoms with Crippen LogP contribution in [0.25, 0.3) is 22.3 Å². The quantitative estimate of drug-likeness (QED) is 0.324. The molecule has 0 amide bonds. The smallest absolute Gasteiger partial charge is 0.343 e. The van der Waals surface area contributed by atoms with Crippen LogP contribution in [0.3, 0.4) is 0 Å². The molecule has 8 nitrogen and oxygen atoms in total. The minimum absolute atomic E-state index is 0.0554. The van der Waals surface area contributed by atoms with E-state index in [1.807, 2.05) is 0 Å². The normalized spacial score (nSPS) is 23.9. The second kappa shape index (κ2) is 7.93. The average Bonchev–Trinajstić information content (AvgIpc) is 3.22. The number of aliphatic hydroxyl groups excluding tert-OH is 1. The predicted octanol–water partition coefficient (Wildman–Crippen LogP) is 2.43. The van der Waals surface area contributed by atoms with Crippen molar-refractivity contribution in [2.45, 2.75) is 57.3 Å². The van der Waals surface area contributed by atoms with Crippen LogP contribution in [-0.2, 0) is 44.9 Å². The lowest BCUT2D eigenvalue weighted by Crippen LogP contribution is -2.44. The molecule has 0 saturated heterocycles. The number of nitrogens with zero attached hydrogens (tertiary/aromatic N) is 2. The minimum Gasteiger partial charge on any atom is -0.458 e. The van der Waals surface area contributed by atoms with Crippen LogP contribution in [-0.4, -0.2) is 45.6 Å². The van der Waals surface area contributed by atoms with Gasteiger partial charge in [0.2, 0.25) is 0 Å². The Morgan fingerprint density at radius 2 is 2.06 bits per heavy atom. The first-order valence-corrected chi connectivity index (χ1v) is 12.2. The summed E-state index contributed by atoms with van der Waals surface area (Å²) in [5.74, 6) is -1.15. The summed E-state index contributed by atoms with van der Waals surface area (Å²) in [6, 6.07) is 4.62. The van der Waals surface area contributed by atoms with Crippen molar-refractivity contribution in [1.29, 1.82) is 0 Å². The van der Waals surface area contributed by atoms with E-state index < -0.39 is 17.0 Å². The third-order valence-electron chi connectivity index (χ3n) is 8.04. The molecule has 1 aliphatic carbocycles. The number of rotatable bonds is 5. The van der Waals surface area contributed by atoms with Crippen LogP contribution in [0.1, 0.15) is 54.5 Å². The van der Waals surface area contributed by atoms with E-state index in [2.05, 4.69) is 6.92 Å². The van der Waals surface area contributed by atoms with E-state index in [1.54, 1.807) is 23.6 Å². The van der Waals surface area contributed by atoms with Crippen molar-refractivity contribution in [3.63, 3.8) is 0 Å². The third-order valence-corrected chi connectivity index (χ3v) is 8.04. The maximum atomic E-state index is 14.6. The highest BCUT2D eigenvalue weighted by atomic mass is 19.1. The average molecular weight is 495 g/mol. The van der Waals surface area contributed by atoms with Crippen LogP contribution in [0.4, 0.5) is 4.39 Å². The Morgan fingerprint density at radius 3 is 2.81 bits per heavy atom. The standard InChI is InChI=1S/C27H27FN2O6/c1-3-27(34)18-10-20-23-16(11-30(20)24(32)17(18)12-36-25(27)33)22-21-14(8-15(28)9-19(21)29-23)4-5-26(22,2)13-35-7-6-31/h8-10,31,34H,3-7,11-13H2,1-2H3/t26?,27-/m0/s1. The molecule has 9 heteroatoms. The van der Waals surface area contributed by atoms with E-state index in [4.69, 9.17) is 14.5 Å². The van der Waals surface area contributed by atoms with Crippen molar-refractivity contribution in [1.82, 2.24) is 9.55 Å². The van der Waals surface area contributed by atoms with Gasteiger partial charge in [-0.15, -0.1) is 0 Å².